The molecule has 0 saturated heterocycles. The van der Waals surface area contributed by atoms with Crippen LogP contribution in [0.3, 0.4) is 0 Å². The Bertz CT molecular complexity index is 601. The summed E-state index contributed by atoms with van der Waals surface area (Å²) in [6.07, 6.45) is 1.34. The Labute approximate surface area is 108 Å². The van der Waals surface area contributed by atoms with Crippen molar-refractivity contribution in [1.29, 1.82) is 0 Å². The number of aliphatic carboxylic acids is 1. The smallest absolute Gasteiger partial charge is 0.331 e. The highest BCUT2D eigenvalue weighted by Crippen LogP contribution is 1.89. The van der Waals surface area contributed by atoms with Crippen LogP contribution in [-0.4, -0.2) is 32.2 Å². The lowest BCUT2D eigenvalue weighted by atomic mass is 10.3. The molecule has 1 amide bonds. The van der Waals surface area contributed by atoms with Crippen LogP contribution in [0.2, 0.25) is 0 Å². The fourth-order valence-corrected chi connectivity index (χ4v) is 1.58. The van der Waals surface area contributed by atoms with Crippen LogP contribution >= 0.6 is 0 Å². The number of carboxylic acids is 1. The van der Waals surface area contributed by atoms with Crippen LogP contribution < -0.4 is 16.6 Å². The predicted molar refractivity (Wildman–Crippen MR) is 65.9 cm³/mol. The number of amides is 1. The number of carbonyl (C=O) groups is 2. The molecule has 104 valence electrons. The highest BCUT2D eigenvalue weighted by Gasteiger charge is 2.20. The first-order chi connectivity index (χ1) is 8.86. The minimum atomic E-state index is -1.32. The molecule has 0 bridgehead atoms. The number of nitrogens with one attached hydrogen (secondary N) is 1. The van der Waals surface area contributed by atoms with E-state index in [2.05, 4.69) is 5.32 Å². The number of hydrogen-bond acceptors (Lipinski definition) is 4. The van der Waals surface area contributed by atoms with Crippen molar-refractivity contribution in [3.63, 3.8) is 0 Å². The molecule has 0 aromatic carbocycles. The van der Waals surface area contributed by atoms with Crippen molar-refractivity contribution in [3.05, 3.63) is 33.1 Å². The van der Waals surface area contributed by atoms with Crippen molar-refractivity contribution in [1.82, 2.24) is 14.5 Å². The molecule has 8 nitrogen and oxygen atoms in total. The number of aromatic nitrogens is 2. The van der Waals surface area contributed by atoms with Gasteiger partial charge in [0.05, 0.1) is 6.54 Å². The molecule has 8 heteroatoms. The van der Waals surface area contributed by atoms with E-state index in [-0.39, 0.29) is 0 Å². The number of carboxylic acid groups (broad SMARTS) is 1. The summed E-state index contributed by atoms with van der Waals surface area (Å²) < 4.78 is 2.06. The summed E-state index contributed by atoms with van der Waals surface area (Å²) in [6, 6.07) is -0.145. The van der Waals surface area contributed by atoms with Gasteiger partial charge in [0.25, 0.3) is 5.56 Å². The van der Waals surface area contributed by atoms with Crippen molar-refractivity contribution < 1.29 is 14.7 Å². The zero-order chi connectivity index (χ0) is 14.6. The van der Waals surface area contributed by atoms with Gasteiger partial charge in [0.15, 0.2) is 0 Å². The highest BCUT2D eigenvalue weighted by molar-refractivity contribution is 5.81. The average molecular weight is 269 g/mol. The Morgan fingerprint density at radius 3 is 2.53 bits per heavy atom. The first-order valence-corrected chi connectivity index (χ1v) is 5.67. The summed E-state index contributed by atoms with van der Waals surface area (Å²) in [6.45, 7) is 2.83. The Hall–Kier alpha value is -2.38. The highest BCUT2D eigenvalue weighted by atomic mass is 16.4. The fourth-order valence-electron chi connectivity index (χ4n) is 1.58. The summed E-state index contributed by atoms with van der Waals surface area (Å²) in [5.41, 5.74) is -1.21. The van der Waals surface area contributed by atoms with Gasteiger partial charge in [0.2, 0.25) is 5.91 Å². The molecule has 0 saturated carbocycles. The van der Waals surface area contributed by atoms with Crippen molar-refractivity contribution >= 4 is 11.9 Å². The van der Waals surface area contributed by atoms with Gasteiger partial charge in [-0.05, 0) is 6.92 Å². The van der Waals surface area contributed by atoms with Gasteiger partial charge in [-0.15, -0.1) is 0 Å². The Kier molecular flexibility index (Phi) is 4.62. The molecule has 19 heavy (non-hydrogen) atoms. The normalized spacial score (nSPS) is 11.9. The minimum Gasteiger partial charge on any atom is -0.480 e. The molecule has 1 rings (SSSR count). The molecular formula is C11H15N3O5. The van der Waals surface area contributed by atoms with Gasteiger partial charge in [-0.1, -0.05) is 0 Å². The lowest BCUT2D eigenvalue weighted by molar-refractivity contribution is -0.142. The molecule has 0 aliphatic heterocycles. The van der Waals surface area contributed by atoms with E-state index in [4.69, 9.17) is 5.11 Å². The summed E-state index contributed by atoms with van der Waals surface area (Å²) >= 11 is 0. The summed E-state index contributed by atoms with van der Waals surface area (Å²) in [5.74, 6) is -1.86. The predicted octanol–water partition coefficient (Wildman–Crippen LogP) is -1.38. The first-order valence-electron chi connectivity index (χ1n) is 5.67. The standard InChI is InChI=1S/C11H15N3O5/c1-3-13-5-4-9(16)14(11(13)19)6-8(10(17)18)12-7(2)15/h4-5,8H,3,6H2,1-2H3,(H,12,15)(H,17,18). The largest absolute Gasteiger partial charge is 0.480 e. The van der Waals surface area contributed by atoms with E-state index in [9.17, 15) is 19.2 Å². The van der Waals surface area contributed by atoms with Crippen molar-refractivity contribution in [2.24, 2.45) is 0 Å². The number of aryl methyl sites for hydroxylation is 1. The molecule has 0 spiro atoms. The minimum absolute atomic E-state index is 0.358. The Balaban J connectivity index is 3.16. The second-order valence-electron chi connectivity index (χ2n) is 3.92. The third kappa shape index (κ3) is 3.54. The first kappa shape index (κ1) is 14.7. The third-order valence-electron chi connectivity index (χ3n) is 2.52. The fraction of sp³-hybridized carbons (Fsp3) is 0.455. The summed E-state index contributed by atoms with van der Waals surface area (Å²) in [4.78, 5) is 45.4. The number of hydrogen-bond donors (Lipinski definition) is 2. The van der Waals surface area contributed by atoms with Crippen molar-refractivity contribution in [2.75, 3.05) is 0 Å². The van der Waals surface area contributed by atoms with Crippen LogP contribution in [0.1, 0.15) is 13.8 Å². The molecule has 1 aromatic rings. The van der Waals surface area contributed by atoms with E-state index < -0.39 is 35.7 Å². The van der Waals surface area contributed by atoms with E-state index >= 15 is 0 Å². The second-order valence-corrected chi connectivity index (χ2v) is 3.92. The lowest BCUT2D eigenvalue weighted by Gasteiger charge is -2.15. The molecule has 0 aliphatic rings. The SMILES string of the molecule is CCn1ccc(=O)n(CC(NC(C)=O)C(=O)O)c1=O. The molecule has 1 aromatic heterocycles. The van der Waals surface area contributed by atoms with E-state index in [1.165, 1.54) is 16.8 Å². The molecule has 0 fully saturated rings. The molecule has 1 atom stereocenters. The van der Waals surface area contributed by atoms with Crippen molar-refractivity contribution in [2.45, 2.75) is 33.0 Å². The number of rotatable bonds is 5. The quantitative estimate of drug-likeness (QED) is 0.684. The molecular weight excluding hydrogens is 254 g/mol. The van der Waals surface area contributed by atoms with Gasteiger partial charge in [-0.2, -0.15) is 0 Å². The summed E-state index contributed by atoms with van der Waals surface area (Å²) in [7, 11) is 0. The summed E-state index contributed by atoms with van der Waals surface area (Å²) in [5, 5.41) is 11.1. The van der Waals surface area contributed by atoms with E-state index in [1.54, 1.807) is 6.92 Å². The molecule has 0 aliphatic carbocycles. The number of nitrogens with zero attached hydrogens (tertiary/aromatic N) is 2. The number of carbonyl (C=O) groups excluding carboxylic acids is 1. The van der Waals surface area contributed by atoms with Crippen LogP contribution in [-0.2, 0) is 22.7 Å². The zero-order valence-electron chi connectivity index (χ0n) is 10.6. The van der Waals surface area contributed by atoms with Gasteiger partial charge in [-0.25, -0.2) is 9.59 Å². The topological polar surface area (TPSA) is 110 Å². The second kappa shape index (κ2) is 5.98. The van der Waals surface area contributed by atoms with E-state index in [0.717, 1.165) is 11.5 Å². The van der Waals surface area contributed by atoms with Crippen LogP contribution in [0.5, 0.6) is 0 Å². The van der Waals surface area contributed by atoms with Crippen molar-refractivity contribution in [3.8, 4) is 0 Å². The molecule has 1 heterocycles. The van der Waals surface area contributed by atoms with Gasteiger partial charge in [-0.3, -0.25) is 14.2 Å². The van der Waals surface area contributed by atoms with E-state index in [0.29, 0.717) is 6.54 Å². The van der Waals surface area contributed by atoms with Gasteiger partial charge in [0, 0.05) is 25.7 Å². The Morgan fingerprint density at radius 2 is 2.05 bits per heavy atom. The van der Waals surface area contributed by atoms with Gasteiger partial charge >= 0.3 is 11.7 Å². The maximum atomic E-state index is 11.9. The average Bonchev–Trinajstić information content (AvgIpc) is 2.32. The molecule has 2 N–H and O–H groups in total. The zero-order valence-corrected chi connectivity index (χ0v) is 10.6. The monoisotopic (exact) mass is 269 g/mol. The Morgan fingerprint density at radius 1 is 1.42 bits per heavy atom. The lowest BCUT2D eigenvalue weighted by Crippen LogP contribution is -2.49. The van der Waals surface area contributed by atoms with Gasteiger partial charge in [0.1, 0.15) is 6.04 Å². The van der Waals surface area contributed by atoms with Crippen LogP contribution in [0.4, 0.5) is 0 Å². The van der Waals surface area contributed by atoms with Crippen LogP contribution in [0.15, 0.2) is 21.9 Å². The molecule has 0 radical (unpaired) electrons. The van der Waals surface area contributed by atoms with Gasteiger partial charge < -0.3 is 15.0 Å². The maximum absolute atomic E-state index is 11.9. The van der Waals surface area contributed by atoms with Crippen LogP contribution in [0, 0.1) is 0 Å². The maximum Gasteiger partial charge on any atom is 0.331 e. The van der Waals surface area contributed by atoms with E-state index in [1.807, 2.05) is 0 Å². The third-order valence-corrected chi connectivity index (χ3v) is 2.52. The van der Waals surface area contributed by atoms with Crippen LogP contribution in [0.25, 0.3) is 0 Å². The molecule has 1 unspecified atom stereocenters.